The molecule has 6 nitrogen and oxygen atoms in total. The van der Waals surface area contributed by atoms with Gasteiger partial charge in [0.15, 0.2) is 17.3 Å². The third kappa shape index (κ3) is 4.13. The summed E-state index contributed by atoms with van der Waals surface area (Å²) in [7, 11) is 1.46. The van der Waals surface area contributed by atoms with E-state index < -0.39 is 11.9 Å². The highest BCUT2D eigenvalue weighted by Crippen LogP contribution is 2.48. The Hall–Kier alpha value is -2.28. The Kier molecular flexibility index (Phi) is 6.32. The van der Waals surface area contributed by atoms with E-state index in [1.165, 1.54) is 7.11 Å². The van der Waals surface area contributed by atoms with Crippen LogP contribution in [0.2, 0.25) is 0 Å². The van der Waals surface area contributed by atoms with Crippen LogP contribution in [0.25, 0.3) is 0 Å². The Labute approximate surface area is 185 Å². The van der Waals surface area contributed by atoms with Crippen LogP contribution in [-0.4, -0.2) is 30.6 Å². The molecule has 162 valence electrons. The summed E-state index contributed by atoms with van der Waals surface area (Å²) in [5.41, 5.74) is 3.03. The highest BCUT2D eigenvalue weighted by molar-refractivity contribution is 9.10. The second kappa shape index (κ2) is 8.46. The molecular formula is C23H28BrNO5. The number of allylic oxidation sites excluding steroid dienone is 3. The summed E-state index contributed by atoms with van der Waals surface area (Å²) < 4.78 is 11.2. The van der Waals surface area contributed by atoms with Crippen LogP contribution in [0.15, 0.2) is 39.1 Å². The Morgan fingerprint density at radius 1 is 1.33 bits per heavy atom. The highest BCUT2D eigenvalue weighted by Gasteiger charge is 2.43. The zero-order valence-electron chi connectivity index (χ0n) is 18.0. The van der Waals surface area contributed by atoms with Crippen LogP contribution in [0.1, 0.15) is 58.4 Å². The fourth-order valence-electron chi connectivity index (χ4n) is 4.23. The topological polar surface area (TPSA) is 84.9 Å². The number of esters is 1. The van der Waals surface area contributed by atoms with Crippen molar-refractivity contribution in [3.8, 4) is 11.5 Å². The maximum Gasteiger partial charge on any atom is 0.336 e. The fraction of sp³-hybridized carbons (Fsp3) is 0.478. The molecule has 7 heteroatoms. The van der Waals surface area contributed by atoms with Gasteiger partial charge in [0, 0.05) is 29.3 Å². The van der Waals surface area contributed by atoms with Crippen molar-refractivity contribution in [3.05, 3.63) is 44.7 Å². The summed E-state index contributed by atoms with van der Waals surface area (Å²) in [5.74, 6) is -0.798. The molecule has 1 heterocycles. The molecular weight excluding hydrogens is 450 g/mol. The molecule has 30 heavy (non-hydrogen) atoms. The Morgan fingerprint density at radius 3 is 2.67 bits per heavy atom. The molecule has 1 aliphatic carbocycles. The van der Waals surface area contributed by atoms with Crippen LogP contribution in [0.4, 0.5) is 0 Å². The first-order valence-corrected chi connectivity index (χ1v) is 10.9. The fourth-order valence-corrected chi connectivity index (χ4v) is 4.69. The Bertz CT molecular complexity index is 961. The van der Waals surface area contributed by atoms with E-state index in [-0.39, 0.29) is 22.7 Å². The number of hydrogen-bond donors (Lipinski definition) is 2. The molecule has 0 aromatic heterocycles. The Balaban J connectivity index is 2.21. The largest absolute Gasteiger partial charge is 0.503 e. The number of carbonyl (C=O) groups excluding carboxylic acids is 2. The van der Waals surface area contributed by atoms with Crippen LogP contribution in [0.5, 0.6) is 11.5 Å². The lowest BCUT2D eigenvalue weighted by molar-refractivity contribution is -0.139. The molecule has 0 unspecified atom stereocenters. The van der Waals surface area contributed by atoms with E-state index in [0.29, 0.717) is 52.7 Å². The van der Waals surface area contributed by atoms with E-state index in [4.69, 9.17) is 9.47 Å². The number of Topliss-reactive ketones (excluding diaryl/α,β-unsaturated/α-hetero) is 1. The zero-order valence-corrected chi connectivity index (χ0v) is 19.6. The summed E-state index contributed by atoms with van der Waals surface area (Å²) in [4.78, 5) is 26.3. The van der Waals surface area contributed by atoms with Gasteiger partial charge < -0.3 is 19.9 Å². The second-order valence-corrected chi connectivity index (χ2v) is 9.47. The van der Waals surface area contributed by atoms with Crippen molar-refractivity contribution in [2.75, 3.05) is 13.7 Å². The number of phenolic OH excluding ortho intramolecular Hbond substituents is 1. The molecule has 2 N–H and O–H groups in total. The molecule has 0 fully saturated rings. The quantitative estimate of drug-likeness (QED) is 0.596. The van der Waals surface area contributed by atoms with Gasteiger partial charge in [-0.2, -0.15) is 0 Å². The molecule has 0 amide bonds. The van der Waals surface area contributed by atoms with Gasteiger partial charge in [0.05, 0.1) is 23.8 Å². The number of benzene rings is 1. The Morgan fingerprint density at radius 2 is 2.03 bits per heavy atom. The predicted molar refractivity (Wildman–Crippen MR) is 117 cm³/mol. The first-order valence-electron chi connectivity index (χ1n) is 10.1. The summed E-state index contributed by atoms with van der Waals surface area (Å²) >= 11 is 3.36. The van der Waals surface area contributed by atoms with Gasteiger partial charge in [-0.1, -0.05) is 20.8 Å². The summed E-state index contributed by atoms with van der Waals surface area (Å²) in [6, 6.07) is 3.40. The first kappa shape index (κ1) is 22.4. The maximum absolute atomic E-state index is 13.3. The van der Waals surface area contributed by atoms with Gasteiger partial charge in [-0.15, -0.1) is 0 Å². The van der Waals surface area contributed by atoms with E-state index in [0.717, 1.165) is 5.70 Å². The van der Waals surface area contributed by atoms with Crippen LogP contribution in [0.3, 0.4) is 0 Å². The number of nitrogens with one attached hydrogen (secondary N) is 1. The number of carbonyl (C=O) groups is 2. The van der Waals surface area contributed by atoms with Gasteiger partial charge in [0.1, 0.15) is 0 Å². The molecule has 0 saturated carbocycles. The SMILES string of the molecule is CCCOC(=O)C1=C(C)NC2=C(C(=O)CC(C)(C)C2)[C@H]1c1cc(Br)c(O)c(OC)c1. The summed E-state index contributed by atoms with van der Waals surface area (Å²) in [6.07, 6.45) is 1.81. The van der Waals surface area contributed by atoms with Crippen molar-refractivity contribution >= 4 is 27.7 Å². The third-order valence-electron chi connectivity index (χ3n) is 5.50. The van der Waals surface area contributed by atoms with E-state index in [9.17, 15) is 14.7 Å². The molecule has 1 atom stereocenters. The lowest BCUT2D eigenvalue weighted by atomic mass is 9.68. The van der Waals surface area contributed by atoms with Crippen LogP contribution in [0, 0.1) is 5.41 Å². The molecule has 1 aliphatic heterocycles. The zero-order chi connectivity index (χ0) is 22.2. The normalized spacial score (nSPS) is 20.6. The number of hydrogen-bond acceptors (Lipinski definition) is 6. The van der Waals surface area contributed by atoms with Gasteiger partial charge in [-0.25, -0.2) is 4.79 Å². The monoisotopic (exact) mass is 477 g/mol. The van der Waals surface area contributed by atoms with Gasteiger partial charge in [0.25, 0.3) is 0 Å². The molecule has 3 rings (SSSR count). The first-order chi connectivity index (χ1) is 14.1. The minimum atomic E-state index is -0.597. The molecule has 0 bridgehead atoms. The summed E-state index contributed by atoms with van der Waals surface area (Å²) in [6.45, 7) is 8.20. The van der Waals surface area contributed by atoms with E-state index >= 15 is 0 Å². The van der Waals surface area contributed by atoms with Crippen molar-refractivity contribution in [2.45, 2.75) is 52.9 Å². The van der Waals surface area contributed by atoms with E-state index in [1.54, 1.807) is 12.1 Å². The maximum atomic E-state index is 13.3. The van der Waals surface area contributed by atoms with Gasteiger partial charge in [-0.05, 0) is 58.8 Å². The third-order valence-corrected chi connectivity index (χ3v) is 6.11. The number of dihydropyridines is 1. The number of aromatic hydroxyl groups is 1. The number of rotatable bonds is 5. The summed E-state index contributed by atoms with van der Waals surface area (Å²) in [5, 5.41) is 13.6. The van der Waals surface area contributed by atoms with E-state index in [1.807, 2.05) is 13.8 Å². The van der Waals surface area contributed by atoms with Gasteiger partial charge in [0.2, 0.25) is 0 Å². The lowest BCUT2D eigenvalue weighted by Crippen LogP contribution is -2.38. The number of halogens is 1. The van der Waals surface area contributed by atoms with Crippen molar-refractivity contribution in [1.29, 1.82) is 0 Å². The molecule has 1 aromatic carbocycles. The molecule has 0 saturated heterocycles. The minimum absolute atomic E-state index is 0.00945. The van der Waals surface area contributed by atoms with Crippen LogP contribution < -0.4 is 10.1 Å². The second-order valence-electron chi connectivity index (χ2n) is 8.62. The minimum Gasteiger partial charge on any atom is -0.503 e. The van der Waals surface area contributed by atoms with E-state index in [2.05, 4.69) is 35.1 Å². The lowest BCUT2D eigenvalue weighted by Gasteiger charge is -2.39. The molecule has 0 spiro atoms. The smallest absolute Gasteiger partial charge is 0.336 e. The average Bonchev–Trinajstić information content (AvgIpc) is 2.66. The highest BCUT2D eigenvalue weighted by atomic mass is 79.9. The average molecular weight is 478 g/mol. The number of ether oxygens (including phenoxy) is 2. The molecule has 0 radical (unpaired) electrons. The predicted octanol–water partition coefficient (Wildman–Crippen LogP) is 4.72. The number of ketones is 1. The molecule has 1 aromatic rings. The van der Waals surface area contributed by atoms with Gasteiger partial charge >= 0.3 is 5.97 Å². The van der Waals surface area contributed by atoms with Gasteiger partial charge in [-0.3, -0.25) is 4.79 Å². The number of phenols is 1. The van der Waals surface area contributed by atoms with Crippen molar-refractivity contribution in [2.24, 2.45) is 5.41 Å². The molecule has 2 aliphatic rings. The number of methoxy groups -OCH3 is 1. The van der Waals surface area contributed by atoms with Crippen molar-refractivity contribution in [3.63, 3.8) is 0 Å². The van der Waals surface area contributed by atoms with Crippen molar-refractivity contribution in [1.82, 2.24) is 5.32 Å². The van der Waals surface area contributed by atoms with Crippen molar-refractivity contribution < 1.29 is 24.2 Å². The van der Waals surface area contributed by atoms with Crippen LogP contribution in [-0.2, 0) is 14.3 Å². The standard InChI is InChI=1S/C23H28BrNO5/c1-6-7-30-22(28)18-12(2)25-15-10-23(3,4)11-16(26)20(15)19(18)13-8-14(24)21(27)17(9-13)29-5/h8-9,19,25,27H,6-7,10-11H2,1-5H3/t19-/m0/s1. The van der Waals surface area contributed by atoms with Crippen LogP contribution >= 0.6 is 15.9 Å².